The molecule has 78 valence electrons. The van der Waals surface area contributed by atoms with Gasteiger partial charge in [-0.1, -0.05) is 12.1 Å². The van der Waals surface area contributed by atoms with E-state index in [0.717, 1.165) is 6.54 Å². The molecule has 0 bridgehead atoms. The number of hydrogen-bond donors (Lipinski definition) is 2. The second-order valence-corrected chi connectivity index (χ2v) is 4.36. The fourth-order valence-electron chi connectivity index (χ4n) is 1.17. The minimum absolute atomic E-state index is 0.129. The molecule has 0 amide bonds. The van der Waals surface area contributed by atoms with Crippen molar-refractivity contribution in [1.82, 2.24) is 5.32 Å². The molecular weight excluding hydrogens is 172 g/mol. The largest absolute Gasteiger partial charge is 0.383 e. The van der Waals surface area contributed by atoms with Crippen LogP contribution in [-0.4, -0.2) is 19.1 Å². The maximum atomic E-state index is 3.41. The van der Waals surface area contributed by atoms with Gasteiger partial charge >= 0.3 is 0 Å². The van der Waals surface area contributed by atoms with Crippen LogP contribution in [0, 0.1) is 6.92 Å². The molecule has 0 aliphatic heterocycles. The van der Waals surface area contributed by atoms with Crippen LogP contribution >= 0.6 is 0 Å². The number of rotatable bonds is 4. The number of benzene rings is 1. The molecule has 0 heterocycles. The monoisotopic (exact) mass is 192 g/mol. The van der Waals surface area contributed by atoms with Crippen LogP contribution in [0.4, 0.5) is 5.69 Å². The van der Waals surface area contributed by atoms with Crippen LogP contribution in [0.2, 0.25) is 0 Å². The molecule has 0 saturated carbocycles. The summed E-state index contributed by atoms with van der Waals surface area (Å²) in [7, 11) is 1.98. The van der Waals surface area contributed by atoms with Crippen molar-refractivity contribution in [3.05, 3.63) is 29.8 Å². The zero-order valence-corrected chi connectivity index (χ0v) is 9.52. The van der Waals surface area contributed by atoms with E-state index in [-0.39, 0.29) is 5.54 Å². The summed E-state index contributed by atoms with van der Waals surface area (Å²) < 4.78 is 0. The molecule has 0 atom stereocenters. The second kappa shape index (κ2) is 4.47. The summed E-state index contributed by atoms with van der Waals surface area (Å²) in [5.41, 5.74) is 2.61. The molecule has 1 aromatic carbocycles. The Bertz CT molecular complexity index is 292. The van der Waals surface area contributed by atoms with Gasteiger partial charge in [0, 0.05) is 17.8 Å². The molecule has 0 fully saturated rings. The Morgan fingerprint density at radius 1 is 1.29 bits per heavy atom. The number of hydrogen-bond acceptors (Lipinski definition) is 2. The molecule has 0 spiro atoms. The number of nitrogens with one attached hydrogen (secondary N) is 2. The Kier molecular flexibility index (Phi) is 3.53. The average molecular weight is 192 g/mol. The molecule has 2 heteroatoms. The molecule has 0 aliphatic rings. The highest BCUT2D eigenvalue weighted by Gasteiger charge is 2.13. The average Bonchev–Trinajstić information content (AvgIpc) is 2.15. The first kappa shape index (κ1) is 11.1. The molecule has 0 aliphatic carbocycles. The number of anilines is 1. The summed E-state index contributed by atoms with van der Waals surface area (Å²) in [6.07, 6.45) is 0. The topological polar surface area (TPSA) is 24.1 Å². The van der Waals surface area contributed by atoms with Crippen LogP contribution in [0.5, 0.6) is 0 Å². The van der Waals surface area contributed by atoms with E-state index in [9.17, 15) is 0 Å². The number of aryl methyl sites for hydroxylation is 1. The van der Waals surface area contributed by atoms with Gasteiger partial charge in [0.1, 0.15) is 0 Å². The van der Waals surface area contributed by atoms with Gasteiger partial charge in [-0.3, -0.25) is 0 Å². The summed E-state index contributed by atoms with van der Waals surface area (Å²) in [5, 5.41) is 6.68. The lowest BCUT2D eigenvalue weighted by Crippen LogP contribution is -2.42. The summed E-state index contributed by atoms with van der Waals surface area (Å²) in [6, 6.07) is 8.43. The predicted octanol–water partition coefficient (Wildman–Crippen LogP) is 2.40. The molecule has 0 aromatic heterocycles. The van der Waals surface area contributed by atoms with Crippen molar-refractivity contribution in [1.29, 1.82) is 0 Å². The van der Waals surface area contributed by atoms with Crippen molar-refractivity contribution in [3.8, 4) is 0 Å². The van der Waals surface area contributed by atoms with E-state index in [1.54, 1.807) is 0 Å². The fraction of sp³-hybridized carbons (Fsp3) is 0.500. The minimum Gasteiger partial charge on any atom is -0.383 e. The lowest BCUT2D eigenvalue weighted by Gasteiger charge is -2.24. The smallest absolute Gasteiger partial charge is 0.0343 e. The fourth-order valence-corrected chi connectivity index (χ4v) is 1.17. The van der Waals surface area contributed by atoms with Gasteiger partial charge in [-0.05, 0) is 45.5 Å². The van der Waals surface area contributed by atoms with Gasteiger partial charge in [0.15, 0.2) is 0 Å². The second-order valence-electron chi connectivity index (χ2n) is 4.36. The van der Waals surface area contributed by atoms with Gasteiger partial charge in [0.05, 0.1) is 0 Å². The van der Waals surface area contributed by atoms with Gasteiger partial charge in [0.2, 0.25) is 0 Å². The van der Waals surface area contributed by atoms with Gasteiger partial charge in [-0.2, -0.15) is 0 Å². The summed E-state index contributed by atoms with van der Waals surface area (Å²) in [4.78, 5) is 0. The van der Waals surface area contributed by atoms with Crippen molar-refractivity contribution in [3.63, 3.8) is 0 Å². The highest BCUT2D eigenvalue weighted by Crippen LogP contribution is 2.11. The van der Waals surface area contributed by atoms with Crippen LogP contribution < -0.4 is 10.6 Å². The highest BCUT2D eigenvalue weighted by atomic mass is 15.0. The lowest BCUT2D eigenvalue weighted by atomic mass is 10.1. The van der Waals surface area contributed by atoms with E-state index in [2.05, 4.69) is 55.7 Å². The third kappa shape index (κ3) is 3.38. The normalized spacial score (nSPS) is 11.4. The van der Waals surface area contributed by atoms with Crippen LogP contribution in [0.15, 0.2) is 24.3 Å². The zero-order valence-electron chi connectivity index (χ0n) is 9.52. The third-order valence-corrected chi connectivity index (χ3v) is 2.43. The molecule has 2 N–H and O–H groups in total. The van der Waals surface area contributed by atoms with Crippen molar-refractivity contribution in [2.24, 2.45) is 0 Å². The van der Waals surface area contributed by atoms with Gasteiger partial charge in [-0.25, -0.2) is 0 Å². The maximum Gasteiger partial charge on any atom is 0.0343 e. The molecule has 0 unspecified atom stereocenters. The molecule has 1 aromatic rings. The van der Waals surface area contributed by atoms with Crippen LogP contribution in [0.25, 0.3) is 0 Å². The number of likely N-dealkylation sites (N-methyl/N-ethyl adjacent to an activating group) is 1. The van der Waals surface area contributed by atoms with Crippen molar-refractivity contribution < 1.29 is 0 Å². The molecule has 14 heavy (non-hydrogen) atoms. The quantitative estimate of drug-likeness (QED) is 0.765. The van der Waals surface area contributed by atoms with Crippen LogP contribution in [0.1, 0.15) is 19.4 Å². The van der Waals surface area contributed by atoms with E-state index >= 15 is 0 Å². The van der Waals surface area contributed by atoms with E-state index in [1.807, 2.05) is 7.05 Å². The Hall–Kier alpha value is -1.02. The molecule has 0 radical (unpaired) electrons. The molecular formula is C12H20N2. The summed E-state index contributed by atoms with van der Waals surface area (Å²) >= 11 is 0. The van der Waals surface area contributed by atoms with Gasteiger partial charge in [-0.15, -0.1) is 0 Å². The van der Waals surface area contributed by atoms with E-state index in [4.69, 9.17) is 0 Å². The Morgan fingerprint density at radius 2 is 2.00 bits per heavy atom. The van der Waals surface area contributed by atoms with Crippen LogP contribution in [-0.2, 0) is 0 Å². The SMILES string of the molecule is CNC(C)(C)CNc1cccc(C)c1. The lowest BCUT2D eigenvalue weighted by molar-refractivity contribution is 0.448. The van der Waals surface area contributed by atoms with E-state index in [0.29, 0.717) is 0 Å². The molecule has 2 nitrogen and oxygen atoms in total. The molecule has 1 rings (SSSR count). The predicted molar refractivity (Wildman–Crippen MR) is 62.8 cm³/mol. The van der Waals surface area contributed by atoms with Crippen molar-refractivity contribution in [2.45, 2.75) is 26.3 Å². The Labute approximate surface area is 86.7 Å². The third-order valence-electron chi connectivity index (χ3n) is 2.43. The van der Waals surface area contributed by atoms with E-state index in [1.165, 1.54) is 11.3 Å². The first-order valence-corrected chi connectivity index (χ1v) is 5.03. The Balaban J connectivity index is 2.54. The maximum absolute atomic E-state index is 3.41. The first-order chi connectivity index (χ1) is 6.53. The van der Waals surface area contributed by atoms with E-state index < -0.39 is 0 Å². The zero-order chi connectivity index (χ0) is 10.6. The van der Waals surface area contributed by atoms with Gasteiger partial charge < -0.3 is 10.6 Å². The summed E-state index contributed by atoms with van der Waals surface area (Å²) in [5.74, 6) is 0. The summed E-state index contributed by atoms with van der Waals surface area (Å²) in [6.45, 7) is 7.38. The van der Waals surface area contributed by atoms with Crippen molar-refractivity contribution in [2.75, 3.05) is 18.9 Å². The highest BCUT2D eigenvalue weighted by molar-refractivity contribution is 5.45. The Morgan fingerprint density at radius 3 is 2.57 bits per heavy atom. The minimum atomic E-state index is 0.129. The first-order valence-electron chi connectivity index (χ1n) is 5.03. The van der Waals surface area contributed by atoms with Gasteiger partial charge in [0.25, 0.3) is 0 Å². The molecule has 0 saturated heterocycles. The standard InChI is InChI=1S/C12H20N2/c1-10-6-5-7-11(8-10)14-9-12(2,3)13-4/h5-8,13-14H,9H2,1-4H3. The van der Waals surface area contributed by atoms with Crippen molar-refractivity contribution >= 4 is 5.69 Å². The van der Waals surface area contributed by atoms with Crippen LogP contribution in [0.3, 0.4) is 0 Å².